The van der Waals surface area contributed by atoms with E-state index in [1.165, 1.54) is 24.3 Å². The summed E-state index contributed by atoms with van der Waals surface area (Å²) in [5.41, 5.74) is 1.35. The van der Waals surface area contributed by atoms with Crippen molar-refractivity contribution in [3.8, 4) is 0 Å². The number of fused-ring (bicyclic) bond motifs is 1. The van der Waals surface area contributed by atoms with Crippen molar-refractivity contribution in [1.82, 2.24) is 10.2 Å². The van der Waals surface area contributed by atoms with E-state index in [1.807, 2.05) is 31.2 Å². The highest BCUT2D eigenvalue weighted by Gasteiger charge is 2.27. The van der Waals surface area contributed by atoms with Crippen molar-refractivity contribution in [3.05, 3.63) is 35.6 Å². The van der Waals surface area contributed by atoms with E-state index in [4.69, 9.17) is 4.42 Å². The first-order valence-electron chi connectivity index (χ1n) is 9.32. The Bertz CT molecular complexity index is 743. The first kappa shape index (κ1) is 17.0. The highest BCUT2D eigenvalue weighted by atomic mass is 32.2. The molecule has 2 aromatic rings. The van der Waals surface area contributed by atoms with Gasteiger partial charge in [0.15, 0.2) is 0 Å². The third-order valence-electron chi connectivity index (χ3n) is 5.48. The summed E-state index contributed by atoms with van der Waals surface area (Å²) in [4.78, 5) is 15.4. The molecule has 0 saturated carbocycles. The van der Waals surface area contributed by atoms with Crippen LogP contribution in [0.2, 0.25) is 0 Å². The Morgan fingerprint density at radius 3 is 2.72 bits per heavy atom. The van der Waals surface area contributed by atoms with Crippen molar-refractivity contribution >= 4 is 28.6 Å². The molecule has 2 saturated heterocycles. The SMILES string of the molecule is Cc1cc2cccc(C(=O)NC3CCN(C4CCSCC4)CC3)c2o1. The number of likely N-dealkylation sites (tertiary alicyclic amines) is 1. The number of carbonyl (C=O) groups excluding carboxylic acids is 1. The number of thioether (sulfide) groups is 1. The maximum absolute atomic E-state index is 12.7. The monoisotopic (exact) mass is 358 g/mol. The van der Waals surface area contributed by atoms with Gasteiger partial charge < -0.3 is 14.6 Å². The number of furan rings is 1. The lowest BCUT2D eigenvalue weighted by atomic mass is 10.00. The third-order valence-corrected chi connectivity index (χ3v) is 6.53. The van der Waals surface area contributed by atoms with E-state index in [9.17, 15) is 4.79 Å². The second kappa shape index (κ2) is 7.42. The van der Waals surface area contributed by atoms with Crippen molar-refractivity contribution in [1.29, 1.82) is 0 Å². The molecule has 0 spiro atoms. The lowest BCUT2D eigenvalue weighted by Crippen LogP contribution is -2.48. The molecule has 3 heterocycles. The number of carbonyl (C=O) groups is 1. The Morgan fingerprint density at radius 2 is 1.96 bits per heavy atom. The summed E-state index contributed by atoms with van der Waals surface area (Å²) >= 11 is 2.08. The van der Waals surface area contributed by atoms with Gasteiger partial charge in [-0.25, -0.2) is 0 Å². The molecule has 5 heteroatoms. The summed E-state index contributed by atoms with van der Waals surface area (Å²) in [5.74, 6) is 3.43. The van der Waals surface area contributed by atoms with Crippen LogP contribution < -0.4 is 5.32 Å². The van der Waals surface area contributed by atoms with Crippen molar-refractivity contribution in [3.63, 3.8) is 0 Å². The Balaban J connectivity index is 1.37. The molecule has 2 aliphatic rings. The van der Waals surface area contributed by atoms with Crippen LogP contribution in [0, 0.1) is 6.92 Å². The molecule has 1 amide bonds. The second-order valence-electron chi connectivity index (χ2n) is 7.21. The molecule has 0 aliphatic carbocycles. The smallest absolute Gasteiger partial charge is 0.255 e. The molecule has 134 valence electrons. The van der Waals surface area contributed by atoms with Crippen LogP contribution in [0.15, 0.2) is 28.7 Å². The van der Waals surface area contributed by atoms with Gasteiger partial charge in [0.1, 0.15) is 11.3 Å². The molecule has 4 nitrogen and oxygen atoms in total. The first-order chi connectivity index (χ1) is 12.2. The maximum Gasteiger partial charge on any atom is 0.255 e. The molecule has 0 radical (unpaired) electrons. The Morgan fingerprint density at radius 1 is 1.20 bits per heavy atom. The molecule has 1 aromatic heterocycles. The van der Waals surface area contributed by atoms with Crippen LogP contribution in [0.25, 0.3) is 11.0 Å². The van der Waals surface area contributed by atoms with Gasteiger partial charge in [0.05, 0.1) is 5.56 Å². The summed E-state index contributed by atoms with van der Waals surface area (Å²) in [5, 5.41) is 4.23. The molecule has 0 unspecified atom stereocenters. The van der Waals surface area contributed by atoms with Gasteiger partial charge in [0, 0.05) is 30.6 Å². The minimum absolute atomic E-state index is 0.00698. The van der Waals surface area contributed by atoms with Crippen LogP contribution in [0.5, 0.6) is 0 Å². The highest BCUT2D eigenvalue weighted by Crippen LogP contribution is 2.26. The van der Waals surface area contributed by atoms with Gasteiger partial charge in [-0.05, 0) is 56.2 Å². The molecule has 1 N–H and O–H groups in total. The third kappa shape index (κ3) is 3.72. The normalized spacial score (nSPS) is 20.8. The molecule has 0 bridgehead atoms. The molecule has 4 rings (SSSR count). The molecule has 2 fully saturated rings. The number of aryl methyl sites for hydroxylation is 1. The fraction of sp³-hybridized carbons (Fsp3) is 0.550. The number of amides is 1. The number of para-hydroxylation sites is 1. The number of rotatable bonds is 3. The lowest BCUT2D eigenvalue weighted by molar-refractivity contribution is 0.0887. The summed E-state index contributed by atoms with van der Waals surface area (Å²) in [6.07, 6.45) is 4.73. The topological polar surface area (TPSA) is 45.5 Å². The van der Waals surface area contributed by atoms with Gasteiger partial charge in [0.25, 0.3) is 5.91 Å². The first-order valence-corrected chi connectivity index (χ1v) is 10.5. The van der Waals surface area contributed by atoms with E-state index in [0.29, 0.717) is 11.1 Å². The zero-order valence-corrected chi connectivity index (χ0v) is 15.6. The number of benzene rings is 1. The summed E-state index contributed by atoms with van der Waals surface area (Å²) in [6, 6.07) is 8.79. The number of nitrogens with one attached hydrogen (secondary N) is 1. The van der Waals surface area contributed by atoms with Crippen molar-refractivity contribution in [2.45, 2.75) is 44.7 Å². The fourth-order valence-electron chi connectivity index (χ4n) is 4.09. The van der Waals surface area contributed by atoms with Crippen molar-refractivity contribution < 1.29 is 9.21 Å². The van der Waals surface area contributed by atoms with Crippen LogP contribution in [-0.2, 0) is 0 Å². The predicted octanol–water partition coefficient (Wildman–Crippen LogP) is 3.83. The average molecular weight is 359 g/mol. The van der Waals surface area contributed by atoms with E-state index in [2.05, 4.69) is 22.0 Å². The quantitative estimate of drug-likeness (QED) is 0.906. The Labute approximate surface area is 153 Å². The summed E-state index contributed by atoms with van der Waals surface area (Å²) in [6.45, 7) is 4.12. The zero-order chi connectivity index (χ0) is 17.2. The number of hydrogen-bond acceptors (Lipinski definition) is 4. The van der Waals surface area contributed by atoms with E-state index in [1.54, 1.807) is 0 Å². The molecule has 2 aliphatic heterocycles. The zero-order valence-electron chi connectivity index (χ0n) is 14.8. The highest BCUT2D eigenvalue weighted by molar-refractivity contribution is 7.99. The molecular formula is C20H26N2O2S. The molecule has 0 atom stereocenters. The number of piperidine rings is 1. The lowest BCUT2D eigenvalue weighted by Gasteiger charge is -2.39. The summed E-state index contributed by atoms with van der Waals surface area (Å²) < 4.78 is 5.73. The van der Waals surface area contributed by atoms with E-state index >= 15 is 0 Å². The van der Waals surface area contributed by atoms with Crippen LogP contribution in [0.1, 0.15) is 41.8 Å². The Hall–Kier alpha value is -1.46. The molecule has 25 heavy (non-hydrogen) atoms. The number of hydrogen-bond donors (Lipinski definition) is 1. The van der Waals surface area contributed by atoms with Gasteiger partial charge in [-0.3, -0.25) is 4.79 Å². The standard InChI is InChI=1S/C20H26N2O2S/c1-14-13-15-3-2-4-18(19(15)24-14)20(23)21-16-5-9-22(10-6-16)17-7-11-25-12-8-17/h2-4,13,16-17H,5-12H2,1H3,(H,21,23). The van der Waals surface area contributed by atoms with Crippen LogP contribution >= 0.6 is 11.8 Å². The molecule has 1 aromatic carbocycles. The van der Waals surface area contributed by atoms with E-state index < -0.39 is 0 Å². The fourth-order valence-corrected chi connectivity index (χ4v) is 5.17. The van der Waals surface area contributed by atoms with E-state index in [0.717, 1.165) is 43.1 Å². The van der Waals surface area contributed by atoms with Crippen LogP contribution in [-0.4, -0.2) is 47.5 Å². The second-order valence-corrected chi connectivity index (χ2v) is 8.43. The van der Waals surface area contributed by atoms with Crippen molar-refractivity contribution in [2.75, 3.05) is 24.6 Å². The Kier molecular flexibility index (Phi) is 5.04. The minimum atomic E-state index is -0.00698. The van der Waals surface area contributed by atoms with Gasteiger partial charge in [-0.2, -0.15) is 11.8 Å². The van der Waals surface area contributed by atoms with Crippen LogP contribution in [0.4, 0.5) is 0 Å². The van der Waals surface area contributed by atoms with Gasteiger partial charge in [-0.1, -0.05) is 12.1 Å². The maximum atomic E-state index is 12.7. The van der Waals surface area contributed by atoms with Gasteiger partial charge >= 0.3 is 0 Å². The minimum Gasteiger partial charge on any atom is -0.461 e. The van der Waals surface area contributed by atoms with E-state index in [-0.39, 0.29) is 11.9 Å². The molecular weight excluding hydrogens is 332 g/mol. The van der Waals surface area contributed by atoms with Crippen molar-refractivity contribution in [2.24, 2.45) is 0 Å². The summed E-state index contributed by atoms with van der Waals surface area (Å²) in [7, 11) is 0. The van der Waals surface area contributed by atoms with Gasteiger partial charge in [0.2, 0.25) is 0 Å². The van der Waals surface area contributed by atoms with Crippen LogP contribution in [0.3, 0.4) is 0 Å². The average Bonchev–Trinajstić information content (AvgIpc) is 3.03. The predicted molar refractivity (Wildman–Crippen MR) is 103 cm³/mol. The van der Waals surface area contributed by atoms with Gasteiger partial charge in [-0.15, -0.1) is 0 Å². The largest absolute Gasteiger partial charge is 0.461 e. The number of nitrogens with zero attached hydrogens (tertiary/aromatic N) is 1.